The number of para-hydroxylation sites is 1. The van der Waals surface area contributed by atoms with Crippen LogP contribution < -0.4 is 21.3 Å². The molecule has 0 amide bonds. The first-order valence-corrected chi connectivity index (χ1v) is 11.8. The molecular weight excluding hydrogens is 451 g/mol. The lowest BCUT2D eigenvalue weighted by Crippen LogP contribution is -2.51. The maximum atomic E-state index is 13.6. The molecule has 0 aromatic heterocycles. The molecule has 7 nitrogen and oxygen atoms in total. The van der Waals surface area contributed by atoms with Crippen LogP contribution in [0.3, 0.4) is 0 Å². The average Bonchev–Trinajstić information content (AvgIpc) is 3.04. The van der Waals surface area contributed by atoms with E-state index in [1.54, 1.807) is 17.0 Å². The third-order valence-electron chi connectivity index (χ3n) is 4.88. The fraction of sp³-hybridized carbons (Fsp3) is 0.211. The van der Waals surface area contributed by atoms with Gasteiger partial charge in [0.05, 0.1) is 28.2 Å². The van der Waals surface area contributed by atoms with E-state index in [4.69, 9.17) is 11.5 Å². The normalized spacial score (nSPS) is 21.6. The SMILES string of the molecule is CS(=O)(=O)c1ccc(N2C=NC3=C(C2N)N(c2ccccc2C(F)(F)F)C(N)S3)cc1. The van der Waals surface area contributed by atoms with E-state index in [9.17, 15) is 21.6 Å². The summed E-state index contributed by atoms with van der Waals surface area (Å²) in [6, 6.07) is 11.1. The molecular formula is C19H18F3N5O2S2. The highest BCUT2D eigenvalue weighted by Gasteiger charge is 2.43. The van der Waals surface area contributed by atoms with Crippen molar-refractivity contribution in [1.29, 1.82) is 0 Å². The van der Waals surface area contributed by atoms with E-state index in [-0.39, 0.29) is 10.6 Å². The van der Waals surface area contributed by atoms with E-state index < -0.39 is 33.2 Å². The van der Waals surface area contributed by atoms with E-state index in [0.717, 1.165) is 24.1 Å². The van der Waals surface area contributed by atoms with E-state index >= 15 is 0 Å². The summed E-state index contributed by atoms with van der Waals surface area (Å²) in [4.78, 5) is 7.37. The zero-order valence-electron chi connectivity index (χ0n) is 16.1. The van der Waals surface area contributed by atoms with Gasteiger partial charge in [-0.25, -0.2) is 13.4 Å². The summed E-state index contributed by atoms with van der Waals surface area (Å²) in [7, 11) is -3.38. The molecule has 2 heterocycles. The molecule has 0 aliphatic carbocycles. The van der Waals surface area contributed by atoms with Crippen LogP contribution in [0.15, 0.2) is 69.1 Å². The Kier molecular flexibility index (Phi) is 5.28. The number of sulfone groups is 1. The fourth-order valence-electron chi connectivity index (χ4n) is 3.43. The van der Waals surface area contributed by atoms with Crippen molar-refractivity contribution >= 4 is 39.3 Å². The Morgan fingerprint density at radius 3 is 2.32 bits per heavy atom. The van der Waals surface area contributed by atoms with Crippen LogP contribution in [0.2, 0.25) is 0 Å². The Bertz CT molecular complexity index is 1180. The molecule has 4 N–H and O–H groups in total. The molecule has 4 rings (SSSR count). The van der Waals surface area contributed by atoms with Gasteiger partial charge in [0.2, 0.25) is 0 Å². The van der Waals surface area contributed by atoms with Gasteiger partial charge in [0, 0.05) is 11.9 Å². The Morgan fingerprint density at radius 1 is 1.06 bits per heavy atom. The van der Waals surface area contributed by atoms with E-state index in [2.05, 4.69) is 4.99 Å². The van der Waals surface area contributed by atoms with E-state index in [0.29, 0.717) is 16.4 Å². The molecule has 0 radical (unpaired) electrons. The third kappa shape index (κ3) is 3.91. The van der Waals surface area contributed by atoms with Crippen molar-refractivity contribution in [2.45, 2.75) is 22.7 Å². The highest BCUT2D eigenvalue weighted by Crippen LogP contribution is 2.46. The second kappa shape index (κ2) is 7.55. The van der Waals surface area contributed by atoms with Crippen LogP contribution in [0.4, 0.5) is 24.5 Å². The van der Waals surface area contributed by atoms with Crippen molar-refractivity contribution in [1.82, 2.24) is 0 Å². The molecule has 0 fully saturated rings. The van der Waals surface area contributed by atoms with Crippen LogP contribution in [0.5, 0.6) is 0 Å². The number of anilines is 2. The number of halogens is 3. The Labute approximate surface area is 181 Å². The molecule has 31 heavy (non-hydrogen) atoms. The monoisotopic (exact) mass is 469 g/mol. The van der Waals surface area contributed by atoms with Crippen LogP contribution in [0.25, 0.3) is 0 Å². The number of hydrogen-bond acceptors (Lipinski definition) is 8. The van der Waals surface area contributed by atoms with Gasteiger partial charge in [0.15, 0.2) is 9.84 Å². The van der Waals surface area contributed by atoms with Gasteiger partial charge in [-0.3, -0.25) is 0 Å². The molecule has 0 bridgehead atoms. The zero-order valence-corrected chi connectivity index (χ0v) is 17.7. The molecule has 0 spiro atoms. The smallest absolute Gasteiger partial charge is 0.314 e. The second-order valence-corrected chi connectivity index (χ2v) is 10.1. The van der Waals surface area contributed by atoms with E-state index in [1.807, 2.05) is 0 Å². The second-order valence-electron chi connectivity index (χ2n) is 6.95. The first-order chi connectivity index (χ1) is 14.5. The maximum Gasteiger partial charge on any atom is 0.418 e. The minimum Gasteiger partial charge on any atom is -0.314 e. The minimum atomic E-state index is -4.58. The summed E-state index contributed by atoms with van der Waals surface area (Å²) in [5.74, 6) is 0. The Hall–Kier alpha value is -2.54. The molecule has 2 atom stereocenters. The highest BCUT2D eigenvalue weighted by molar-refractivity contribution is 8.04. The zero-order chi connectivity index (χ0) is 22.6. The summed E-state index contributed by atoms with van der Waals surface area (Å²) in [6.07, 6.45) is -2.91. The van der Waals surface area contributed by atoms with Crippen LogP contribution in [-0.4, -0.2) is 32.7 Å². The summed E-state index contributed by atoms with van der Waals surface area (Å²) in [5.41, 5.74) is 11.7. The van der Waals surface area contributed by atoms with Crippen molar-refractivity contribution in [3.05, 3.63) is 64.8 Å². The van der Waals surface area contributed by atoms with Crippen molar-refractivity contribution in [2.24, 2.45) is 16.5 Å². The topological polar surface area (TPSA) is 105 Å². The van der Waals surface area contributed by atoms with Crippen LogP contribution in [-0.2, 0) is 16.0 Å². The largest absolute Gasteiger partial charge is 0.418 e. The number of nitrogens with zero attached hydrogens (tertiary/aromatic N) is 3. The predicted molar refractivity (Wildman–Crippen MR) is 115 cm³/mol. The van der Waals surface area contributed by atoms with Crippen LogP contribution in [0, 0.1) is 0 Å². The summed E-state index contributed by atoms with van der Waals surface area (Å²) in [6.45, 7) is 0. The maximum absolute atomic E-state index is 13.6. The van der Waals surface area contributed by atoms with Gasteiger partial charge >= 0.3 is 6.18 Å². The van der Waals surface area contributed by atoms with Gasteiger partial charge in [-0.05, 0) is 36.4 Å². The van der Waals surface area contributed by atoms with Crippen LogP contribution >= 0.6 is 11.8 Å². The summed E-state index contributed by atoms with van der Waals surface area (Å²) in [5, 5.41) is 0.431. The Balaban J connectivity index is 1.73. The van der Waals surface area contributed by atoms with Crippen molar-refractivity contribution in [3.8, 4) is 0 Å². The van der Waals surface area contributed by atoms with Gasteiger partial charge in [0.1, 0.15) is 16.7 Å². The number of alkyl halides is 3. The molecule has 2 unspecified atom stereocenters. The minimum absolute atomic E-state index is 0.111. The summed E-state index contributed by atoms with van der Waals surface area (Å²) >= 11 is 1.11. The lowest BCUT2D eigenvalue weighted by Gasteiger charge is -2.36. The first kappa shape index (κ1) is 21.7. The van der Waals surface area contributed by atoms with Gasteiger partial charge in [-0.1, -0.05) is 23.9 Å². The van der Waals surface area contributed by atoms with Crippen molar-refractivity contribution < 1.29 is 21.6 Å². The van der Waals surface area contributed by atoms with Gasteiger partial charge < -0.3 is 21.3 Å². The molecule has 164 valence electrons. The average molecular weight is 470 g/mol. The van der Waals surface area contributed by atoms with Gasteiger partial charge in [-0.15, -0.1) is 0 Å². The van der Waals surface area contributed by atoms with Gasteiger partial charge in [0.25, 0.3) is 0 Å². The number of benzene rings is 2. The molecule has 12 heteroatoms. The molecule has 2 aromatic rings. The number of thioether (sulfide) groups is 1. The van der Waals surface area contributed by atoms with E-state index in [1.165, 1.54) is 41.6 Å². The third-order valence-corrected chi connectivity index (χ3v) is 7.00. The Morgan fingerprint density at radius 2 is 1.71 bits per heavy atom. The summed E-state index contributed by atoms with van der Waals surface area (Å²) < 4.78 is 64.2. The molecule has 2 aromatic carbocycles. The van der Waals surface area contributed by atoms with Gasteiger partial charge in [-0.2, -0.15) is 13.2 Å². The lowest BCUT2D eigenvalue weighted by molar-refractivity contribution is -0.137. The molecule has 0 saturated heterocycles. The lowest BCUT2D eigenvalue weighted by atomic mass is 10.1. The van der Waals surface area contributed by atoms with Crippen molar-refractivity contribution in [2.75, 3.05) is 16.1 Å². The fourth-order valence-corrected chi connectivity index (χ4v) is 5.07. The number of hydrogen-bond donors (Lipinski definition) is 2. The first-order valence-electron chi connectivity index (χ1n) is 8.98. The quantitative estimate of drug-likeness (QED) is 0.712. The standard InChI is InChI=1S/C19H18F3N5O2S2/c1-31(28,29)12-8-6-11(7-9-12)26-10-25-17-15(16(26)23)27(18(24)30-17)14-5-3-2-4-13(14)19(20,21)22/h2-10,16,18H,23-24H2,1H3. The predicted octanol–water partition coefficient (Wildman–Crippen LogP) is 2.91. The van der Waals surface area contributed by atoms with Crippen molar-refractivity contribution in [3.63, 3.8) is 0 Å². The highest BCUT2D eigenvalue weighted by atomic mass is 32.2. The van der Waals surface area contributed by atoms with Crippen LogP contribution in [0.1, 0.15) is 5.56 Å². The molecule has 0 saturated carbocycles. The number of nitrogens with two attached hydrogens (primary N) is 2. The number of rotatable bonds is 3. The molecule has 2 aliphatic heterocycles. The number of aliphatic imine (C=N–C) groups is 1. The molecule has 2 aliphatic rings.